The van der Waals surface area contributed by atoms with Crippen molar-refractivity contribution in [2.24, 2.45) is 0 Å². The number of piperazine rings is 1. The molecule has 36 heavy (non-hydrogen) atoms. The van der Waals surface area contributed by atoms with Crippen LogP contribution in [0.3, 0.4) is 0 Å². The van der Waals surface area contributed by atoms with E-state index in [1.54, 1.807) is 0 Å². The number of aromatic nitrogens is 1. The van der Waals surface area contributed by atoms with Gasteiger partial charge in [0.25, 0.3) is 0 Å². The van der Waals surface area contributed by atoms with E-state index in [0.29, 0.717) is 44.7 Å². The van der Waals surface area contributed by atoms with E-state index in [1.807, 2.05) is 44.8 Å². The molecule has 1 aliphatic heterocycles. The molecule has 7 nitrogen and oxygen atoms in total. The van der Waals surface area contributed by atoms with Crippen LogP contribution in [0.25, 0.3) is 10.9 Å². The lowest BCUT2D eigenvalue weighted by Gasteiger charge is -2.33. The Balaban J connectivity index is 1.31. The molecular formula is C26H26F3N5O2. The van der Waals surface area contributed by atoms with Gasteiger partial charge in [-0.25, -0.2) is 0 Å². The molecule has 0 bridgehead atoms. The molecule has 1 aliphatic rings. The average Bonchev–Trinajstić information content (AvgIpc) is 3.22. The number of rotatable bonds is 8. The minimum Gasteiger partial charge on any atom is -0.346 e. The van der Waals surface area contributed by atoms with E-state index in [9.17, 15) is 22.8 Å². The Bertz CT molecular complexity index is 1290. The number of para-hydroxylation sites is 2. The van der Waals surface area contributed by atoms with Crippen molar-refractivity contribution in [3.05, 3.63) is 65.9 Å². The molecule has 0 radical (unpaired) electrons. The maximum atomic E-state index is 13.2. The summed E-state index contributed by atoms with van der Waals surface area (Å²) in [4.78, 5) is 29.4. The minimum atomic E-state index is -4.55. The van der Waals surface area contributed by atoms with Gasteiger partial charge in [0.2, 0.25) is 5.91 Å². The number of nitriles is 1. The number of ketones is 1. The van der Waals surface area contributed by atoms with E-state index >= 15 is 0 Å². The highest BCUT2D eigenvalue weighted by molar-refractivity contribution is 6.09. The summed E-state index contributed by atoms with van der Waals surface area (Å²) in [5.74, 6) is -0.529. The summed E-state index contributed by atoms with van der Waals surface area (Å²) in [6.07, 6.45) is -2.39. The topological polar surface area (TPSA) is 81.4 Å². The molecule has 0 aliphatic carbocycles. The zero-order chi connectivity index (χ0) is 25.7. The fourth-order valence-corrected chi connectivity index (χ4v) is 4.45. The summed E-state index contributed by atoms with van der Waals surface area (Å²) in [6, 6.07) is 14.6. The number of carbonyl (C=O) groups excluding carboxylic acids is 2. The Kier molecular flexibility index (Phi) is 7.72. The van der Waals surface area contributed by atoms with Gasteiger partial charge in [0.15, 0.2) is 5.78 Å². The van der Waals surface area contributed by atoms with Crippen LogP contribution in [0.2, 0.25) is 0 Å². The summed E-state index contributed by atoms with van der Waals surface area (Å²) < 4.78 is 41.4. The van der Waals surface area contributed by atoms with Crippen molar-refractivity contribution in [2.75, 3.05) is 44.6 Å². The fraction of sp³-hybridized carbons (Fsp3) is 0.346. The Morgan fingerprint density at radius 1 is 0.944 bits per heavy atom. The lowest BCUT2D eigenvalue weighted by atomic mass is 10.1. The van der Waals surface area contributed by atoms with E-state index in [4.69, 9.17) is 5.26 Å². The molecule has 1 aromatic heterocycles. The van der Waals surface area contributed by atoms with Gasteiger partial charge in [-0.2, -0.15) is 18.4 Å². The maximum absolute atomic E-state index is 13.2. The summed E-state index contributed by atoms with van der Waals surface area (Å²) in [5, 5.41) is 12.1. The Morgan fingerprint density at radius 2 is 1.58 bits per heavy atom. The van der Waals surface area contributed by atoms with Gasteiger partial charge >= 0.3 is 6.18 Å². The third-order valence-electron chi connectivity index (χ3n) is 6.26. The van der Waals surface area contributed by atoms with Crippen LogP contribution in [-0.4, -0.2) is 65.3 Å². The van der Waals surface area contributed by atoms with Gasteiger partial charge in [0.1, 0.15) is 0 Å². The van der Waals surface area contributed by atoms with Crippen molar-refractivity contribution in [3.8, 4) is 6.07 Å². The Morgan fingerprint density at radius 3 is 2.28 bits per heavy atom. The van der Waals surface area contributed by atoms with E-state index in [-0.39, 0.29) is 24.6 Å². The normalized spacial score (nSPS) is 15.1. The fourth-order valence-electron chi connectivity index (χ4n) is 4.45. The van der Waals surface area contributed by atoms with Crippen molar-refractivity contribution in [1.29, 1.82) is 5.26 Å². The predicted octanol–water partition coefficient (Wildman–Crippen LogP) is 4.01. The van der Waals surface area contributed by atoms with E-state index in [0.717, 1.165) is 17.0 Å². The number of carbonyl (C=O) groups is 2. The second kappa shape index (κ2) is 10.9. The minimum absolute atomic E-state index is 0.0168. The van der Waals surface area contributed by atoms with Crippen molar-refractivity contribution in [1.82, 2.24) is 14.4 Å². The number of halogens is 3. The van der Waals surface area contributed by atoms with E-state index in [1.165, 1.54) is 18.2 Å². The van der Waals surface area contributed by atoms with Crippen LogP contribution in [0, 0.1) is 11.3 Å². The summed E-state index contributed by atoms with van der Waals surface area (Å²) in [7, 11) is 0. The van der Waals surface area contributed by atoms with Crippen LogP contribution < -0.4 is 5.32 Å². The number of hydrogen-bond donors (Lipinski definition) is 1. The second-order valence-electron chi connectivity index (χ2n) is 8.73. The van der Waals surface area contributed by atoms with Crippen molar-refractivity contribution in [2.45, 2.75) is 19.1 Å². The highest BCUT2D eigenvalue weighted by Crippen LogP contribution is 2.34. The SMILES string of the molecule is N#CCCn1cc(C(=O)CN2CCN(CC(=O)Nc3ccccc3C(F)(F)F)CC2)c2ccccc21. The van der Waals surface area contributed by atoms with Gasteiger partial charge in [-0.3, -0.25) is 19.4 Å². The molecule has 2 heterocycles. The first-order chi connectivity index (χ1) is 17.3. The van der Waals surface area contributed by atoms with Crippen LogP contribution in [0.1, 0.15) is 22.3 Å². The predicted molar refractivity (Wildman–Crippen MR) is 129 cm³/mol. The third kappa shape index (κ3) is 5.93. The molecule has 188 valence electrons. The van der Waals surface area contributed by atoms with Gasteiger partial charge < -0.3 is 9.88 Å². The number of aryl methyl sites for hydroxylation is 1. The monoisotopic (exact) mass is 497 g/mol. The van der Waals surface area contributed by atoms with Crippen LogP contribution in [-0.2, 0) is 17.5 Å². The number of alkyl halides is 3. The number of nitrogens with one attached hydrogen (secondary N) is 1. The van der Waals surface area contributed by atoms with E-state index in [2.05, 4.69) is 11.4 Å². The molecule has 3 aromatic rings. The number of Topliss-reactive ketones (excluding diaryl/α,β-unsaturated/α-hetero) is 1. The molecule has 1 amide bonds. The molecule has 10 heteroatoms. The summed E-state index contributed by atoms with van der Waals surface area (Å²) in [5.41, 5.74) is 0.400. The molecule has 0 unspecified atom stereocenters. The number of fused-ring (bicyclic) bond motifs is 1. The number of nitrogens with zero attached hydrogens (tertiary/aromatic N) is 4. The van der Waals surface area contributed by atoms with Crippen LogP contribution in [0.4, 0.5) is 18.9 Å². The van der Waals surface area contributed by atoms with E-state index < -0.39 is 17.6 Å². The molecule has 1 fully saturated rings. The van der Waals surface area contributed by atoms with Gasteiger partial charge in [-0.05, 0) is 18.2 Å². The Labute approximate surface area is 206 Å². The van der Waals surface area contributed by atoms with Gasteiger partial charge in [0, 0.05) is 55.4 Å². The molecule has 1 N–H and O–H groups in total. The first kappa shape index (κ1) is 25.4. The smallest absolute Gasteiger partial charge is 0.346 e. The molecule has 2 aromatic carbocycles. The lowest BCUT2D eigenvalue weighted by molar-refractivity contribution is -0.137. The van der Waals surface area contributed by atoms with Crippen molar-refractivity contribution in [3.63, 3.8) is 0 Å². The molecule has 1 saturated heterocycles. The van der Waals surface area contributed by atoms with Crippen LogP contribution >= 0.6 is 0 Å². The molecule has 0 spiro atoms. The van der Waals surface area contributed by atoms with Gasteiger partial charge in [0.05, 0.1) is 36.8 Å². The Hall–Kier alpha value is -3.68. The van der Waals surface area contributed by atoms with Gasteiger partial charge in [-0.1, -0.05) is 30.3 Å². The average molecular weight is 498 g/mol. The summed E-state index contributed by atoms with van der Waals surface area (Å²) in [6.45, 7) is 2.87. The second-order valence-corrected chi connectivity index (χ2v) is 8.73. The van der Waals surface area contributed by atoms with Crippen LogP contribution in [0.15, 0.2) is 54.7 Å². The molecule has 4 rings (SSSR count). The van der Waals surface area contributed by atoms with Crippen molar-refractivity contribution < 1.29 is 22.8 Å². The highest BCUT2D eigenvalue weighted by atomic mass is 19.4. The zero-order valence-electron chi connectivity index (χ0n) is 19.6. The molecular weight excluding hydrogens is 471 g/mol. The number of hydrogen-bond acceptors (Lipinski definition) is 5. The lowest BCUT2D eigenvalue weighted by Crippen LogP contribution is -2.49. The first-order valence-corrected chi connectivity index (χ1v) is 11.6. The van der Waals surface area contributed by atoms with Crippen LogP contribution in [0.5, 0.6) is 0 Å². The molecule has 0 saturated carbocycles. The number of anilines is 1. The maximum Gasteiger partial charge on any atom is 0.418 e. The zero-order valence-corrected chi connectivity index (χ0v) is 19.6. The standard InChI is InChI=1S/C26H26F3N5O2/c27-26(28,29)21-7-2-3-8-22(21)31-25(36)18-33-14-12-32(13-15-33)17-24(35)20-16-34(11-5-10-30)23-9-4-1-6-19(20)23/h1-4,6-9,16H,5,11-15,17-18H2,(H,31,36). The highest BCUT2D eigenvalue weighted by Gasteiger charge is 2.33. The third-order valence-corrected chi connectivity index (χ3v) is 6.26. The molecule has 0 atom stereocenters. The summed E-state index contributed by atoms with van der Waals surface area (Å²) >= 11 is 0. The quantitative estimate of drug-likeness (QED) is 0.476. The first-order valence-electron chi connectivity index (χ1n) is 11.6. The number of benzene rings is 2. The van der Waals surface area contributed by atoms with Gasteiger partial charge in [-0.15, -0.1) is 0 Å². The van der Waals surface area contributed by atoms with Crippen molar-refractivity contribution >= 4 is 28.3 Å². The largest absolute Gasteiger partial charge is 0.418 e. The number of amides is 1.